The molecule has 31 heavy (non-hydrogen) atoms. The Hall–Kier alpha value is -3.54. The Kier molecular flexibility index (Phi) is 6.36. The highest BCUT2D eigenvalue weighted by atomic mass is 16.2. The van der Waals surface area contributed by atoms with Crippen LogP contribution < -0.4 is 10.6 Å². The zero-order valence-electron chi connectivity index (χ0n) is 17.4. The van der Waals surface area contributed by atoms with Crippen molar-refractivity contribution in [3.63, 3.8) is 0 Å². The van der Waals surface area contributed by atoms with Crippen molar-refractivity contribution in [3.05, 3.63) is 30.5 Å². The van der Waals surface area contributed by atoms with Crippen molar-refractivity contribution < 1.29 is 9.59 Å². The van der Waals surface area contributed by atoms with Gasteiger partial charge in [-0.15, -0.1) is 0 Å². The van der Waals surface area contributed by atoms with Gasteiger partial charge in [0.2, 0.25) is 17.8 Å². The van der Waals surface area contributed by atoms with E-state index in [2.05, 4.69) is 20.6 Å². The highest BCUT2D eigenvalue weighted by molar-refractivity contribution is 5.98. The average Bonchev–Trinajstić information content (AvgIpc) is 3.43. The smallest absolute Gasteiger partial charge is 0.247 e. The van der Waals surface area contributed by atoms with E-state index in [-0.39, 0.29) is 24.3 Å². The second-order valence-corrected chi connectivity index (χ2v) is 7.98. The highest BCUT2D eigenvalue weighted by Gasteiger charge is 2.30. The van der Waals surface area contributed by atoms with Gasteiger partial charge in [0.25, 0.3) is 0 Å². The van der Waals surface area contributed by atoms with E-state index in [4.69, 9.17) is 5.26 Å². The molecule has 0 saturated carbocycles. The summed E-state index contributed by atoms with van der Waals surface area (Å²) in [7, 11) is 0. The van der Waals surface area contributed by atoms with Gasteiger partial charge < -0.3 is 20.1 Å². The number of H-pyrrole nitrogens is 1. The predicted molar refractivity (Wildman–Crippen MR) is 118 cm³/mol. The van der Waals surface area contributed by atoms with Crippen molar-refractivity contribution in [3.8, 4) is 6.19 Å². The first kappa shape index (κ1) is 20.7. The minimum Gasteiger partial charge on any atom is -0.361 e. The quantitative estimate of drug-likeness (QED) is 0.302. The van der Waals surface area contributed by atoms with Gasteiger partial charge in [0.05, 0.1) is 6.54 Å². The molecule has 2 aliphatic heterocycles. The van der Waals surface area contributed by atoms with E-state index >= 15 is 0 Å². The number of rotatable bonds is 4. The van der Waals surface area contributed by atoms with Crippen LogP contribution >= 0.6 is 0 Å². The van der Waals surface area contributed by atoms with Gasteiger partial charge in [-0.05, 0) is 56.4 Å². The van der Waals surface area contributed by atoms with Crippen molar-refractivity contribution in [1.29, 1.82) is 5.26 Å². The summed E-state index contributed by atoms with van der Waals surface area (Å²) in [5.74, 6) is 0.0670. The molecule has 9 heteroatoms. The average molecular weight is 422 g/mol. The molecule has 2 saturated heterocycles. The van der Waals surface area contributed by atoms with Gasteiger partial charge in [0.1, 0.15) is 6.04 Å². The van der Waals surface area contributed by atoms with Crippen LogP contribution in [0, 0.1) is 11.5 Å². The monoisotopic (exact) mass is 421 g/mol. The van der Waals surface area contributed by atoms with Crippen LogP contribution in [0.5, 0.6) is 0 Å². The van der Waals surface area contributed by atoms with Crippen molar-refractivity contribution in [2.45, 2.75) is 38.1 Å². The van der Waals surface area contributed by atoms with Crippen molar-refractivity contribution in [2.24, 2.45) is 4.99 Å². The van der Waals surface area contributed by atoms with E-state index in [9.17, 15) is 9.59 Å². The molecular weight excluding hydrogens is 394 g/mol. The number of nitriles is 1. The summed E-state index contributed by atoms with van der Waals surface area (Å²) in [5.41, 5.74) is 1.77. The minimum absolute atomic E-state index is 0.00350. The predicted octanol–water partition coefficient (Wildman–Crippen LogP) is 2.01. The van der Waals surface area contributed by atoms with Gasteiger partial charge in [-0.2, -0.15) is 5.26 Å². The Labute approximate surface area is 181 Å². The van der Waals surface area contributed by atoms with Crippen molar-refractivity contribution in [1.82, 2.24) is 20.1 Å². The van der Waals surface area contributed by atoms with E-state index in [0.29, 0.717) is 13.0 Å². The number of amides is 2. The molecule has 2 aliphatic rings. The molecule has 1 atom stereocenters. The summed E-state index contributed by atoms with van der Waals surface area (Å²) in [6.07, 6.45) is 8.05. The molecular formula is C22H27N7O2. The number of hydrogen-bond donors (Lipinski definition) is 3. The first-order chi connectivity index (χ1) is 15.1. The summed E-state index contributed by atoms with van der Waals surface area (Å²) in [6.45, 7) is 2.20. The third-order valence-electron chi connectivity index (χ3n) is 5.81. The molecule has 0 bridgehead atoms. The van der Waals surface area contributed by atoms with Gasteiger partial charge in [0.15, 0.2) is 6.19 Å². The lowest BCUT2D eigenvalue weighted by molar-refractivity contribution is -0.140. The second kappa shape index (κ2) is 9.51. The summed E-state index contributed by atoms with van der Waals surface area (Å²) < 4.78 is 0. The molecule has 0 spiro atoms. The number of aromatic nitrogens is 1. The third-order valence-corrected chi connectivity index (χ3v) is 5.81. The van der Waals surface area contributed by atoms with Gasteiger partial charge in [-0.25, -0.2) is 4.99 Å². The van der Waals surface area contributed by atoms with Crippen LogP contribution in [0.25, 0.3) is 10.9 Å². The Balaban J connectivity index is 1.48. The van der Waals surface area contributed by atoms with Gasteiger partial charge in [0, 0.05) is 42.4 Å². The number of anilines is 1. The summed E-state index contributed by atoms with van der Waals surface area (Å²) in [6, 6.07) is 7.08. The summed E-state index contributed by atoms with van der Waals surface area (Å²) in [4.78, 5) is 36.8. The number of guanidine groups is 1. The first-order valence-corrected chi connectivity index (χ1v) is 10.8. The fourth-order valence-electron chi connectivity index (χ4n) is 4.16. The van der Waals surface area contributed by atoms with E-state index in [1.54, 1.807) is 4.90 Å². The highest BCUT2D eigenvalue weighted by Crippen LogP contribution is 2.19. The maximum atomic E-state index is 13.1. The molecule has 1 aromatic heterocycles. The van der Waals surface area contributed by atoms with Crippen LogP contribution in [0.3, 0.4) is 0 Å². The summed E-state index contributed by atoms with van der Waals surface area (Å²) >= 11 is 0. The molecule has 9 nitrogen and oxygen atoms in total. The van der Waals surface area contributed by atoms with Crippen LogP contribution in [-0.2, 0) is 9.59 Å². The van der Waals surface area contributed by atoms with E-state index in [1.165, 1.54) is 0 Å². The normalized spacial score (nSPS) is 19.9. The zero-order valence-corrected chi connectivity index (χ0v) is 17.4. The number of fused-ring (bicyclic) bond motifs is 1. The number of nitrogens with zero attached hydrogens (tertiary/aromatic N) is 4. The van der Waals surface area contributed by atoms with Crippen LogP contribution in [-0.4, -0.2) is 64.8 Å². The zero-order chi connectivity index (χ0) is 21.6. The molecule has 1 aromatic carbocycles. The lowest BCUT2D eigenvalue weighted by atomic mass is 10.1. The largest absolute Gasteiger partial charge is 0.361 e. The van der Waals surface area contributed by atoms with Crippen LogP contribution in [0.4, 0.5) is 5.69 Å². The Morgan fingerprint density at radius 3 is 2.81 bits per heavy atom. The van der Waals surface area contributed by atoms with Gasteiger partial charge >= 0.3 is 0 Å². The number of aliphatic imine (C=N–C) groups is 1. The molecule has 0 aliphatic carbocycles. The molecule has 1 unspecified atom stereocenters. The minimum atomic E-state index is -0.631. The lowest BCUT2D eigenvalue weighted by Crippen LogP contribution is -2.45. The fraction of sp³-hybridized carbons (Fsp3) is 0.455. The number of nitrogens with one attached hydrogen (secondary N) is 3. The number of carbonyl (C=O) groups is 2. The number of carbonyl (C=O) groups excluding carboxylic acids is 2. The maximum Gasteiger partial charge on any atom is 0.247 e. The van der Waals surface area contributed by atoms with Crippen molar-refractivity contribution >= 4 is 34.4 Å². The standard InChI is InChI=1S/C22H27N7O2/c23-15-25-22(26-17-6-7-18-16(13-17)8-9-24-18)27-19-5-1-2-12-29(21(19)31)14-20(30)28-10-3-4-11-28/h6-9,13,19,24H,1-5,10-12,14H2,(H2,25,26,27). The number of likely N-dealkylation sites (tertiary alicyclic amines) is 2. The molecule has 2 amide bonds. The molecule has 0 radical (unpaired) electrons. The van der Waals surface area contributed by atoms with Crippen LogP contribution in [0.15, 0.2) is 35.5 Å². The van der Waals surface area contributed by atoms with E-state index < -0.39 is 6.04 Å². The molecule has 3 N–H and O–H groups in total. The summed E-state index contributed by atoms with van der Waals surface area (Å²) in [5, 5.41) is 15.8. The Bertz CT molecular complexity index is 1020. The van der Waals surface area contributed by atoms with Crippen molar-refractivity contribution in [2.75, 3.05) is 31.5 Å². The maximum absolute atomic E-state index is 13.1. The fourth-order valence-corrected chi connectivity index (χ4v) is 4.16. The number of aromatic amines is 1. The molecule has 162 valence electrons. The van der Waals surface area contributed by atoms with Crippen LogP contribution in [0.2, 0.25) is 0 Å². The van der Waals surface area contributed by atoms with E-state index in [0.717, 1.165) is 55.4 Å². The number of hydrogen-bond acceptors (Lipinski definition) is 4. The second-order valence-electron chi connectivity index (χ2n) is 7.98. The molecule has 2 fully saturated rings. The molecule has 2 aromatic rings. The van der Waals surface area contributed by atoms with Crippen LogP contribution in [0.1, 0.15) is 32.1 Å². The SMILES string of the molecule is N#CNC(=NC1CCCCN(CC(=O)N2CCCC2)C1=O)Nc1ccc2[nH]ccc2c1. The molecule has 3 heterocycles. The van der Waals surface area contributed by atoms with Gasteiger partial charge in [-0.1, -0.05) is 0 Å². The van der Waals surface area contributed by atoms with Gasteiger partial charge in [-0.3, -0.25) is 14.9 Å². The topological polar surface area (TPSA) is 117 Å². The first-order valence-electron chi connectivity index (χ1n) is 10.8. The lowest BCUT2D eigenvalue weighted by Gasteiger charge is -2.25. The Morgan fingerprint density at radius 2 is 2.00 bits per heavy atom. The van der Waals surface area contributed by atoms with E-state index in [1.807, 2.05) is 41.6 Å². The molecule has 4 rings (SSSR count). The number of benzene rings is 1. The third kappa shape index (κ3) is 4.97. The Morgan fingerprint density at radius 1 is 1.19 bits per heavy atom.